The second-order valence-electron chi connectivity index (χ2n) is 12.4. The number of rotatable bonds is 7. The molecule has 1 amide bonds. The van der Waals surface area contributed by atoms with E-state index in [-0.39, 0.29) is 28.8 Å². The number of ether oxygens (including phenoxy) is 2. The van der Waals surface area contributed by atoms with Crippen LogP contribution < -0.4 is 15.1 Å². The molecule has 0 spiro atoms. The van der Waals surface area contributed by atoms with Crippen LogP contribution in [-0.2, 0) is 9.47 Å². The highest BCUT2D eigenvalue weighted by Crippen LogP contribution is 2.26. The first-order chi connectivity index (χ1) is 26.8. The van der Waals surface area contributed by atoms with E-state index in [9.17, 15) is 23.5 Å². The number of carboxylic acid groups (broad SMARTS) is 1. The second-order valence-corrected chi connectivity index (χ2v) is 13.3. The van der Waals surface area contributed by atoms with E-state index in [0.717, 1.165) is 0 Å². The van der Waals surface area contributed by atoms with Gasteiger partial charge in [0.05, 0.1) is 55.8 Å². The predicted octanol–water partition coefficient (Wildman–Crippen LogP) is 5.15. The molecule has 15 nitrogen and oxygen atoms in total. The first-order valence-electron chi connectivity index (χ1n) is 17.2. The number of benzene rings is 2. The number of hydrogen-bond donors (Lipinski definition) is 2. The van der Waals surface area contributed by atoms with Crippen molar-refractivity contribution in [2.24, 2.45) is 0 Å². The van der Waals surface area contributed by atoms with Crippen LogP contribution in [0.1, 0.15) is 20.7 Å². The molecule has 0 aliphatic carbocycles. The number of imidazole rings is 2. The van der Waals surface area contributed by atoms with Gasteiger partial charge in [-0.05, 0) is 30.3 Å². The fourth-order valence-electron chi connectivity index (χ4n) is 6.17. The van der Waals surface area contributed by atoms with Crippen molar-refractivity contribution >= 4 is 51.3 Å². The number of hydrogen-bond acceptors (Lipinski definition) is 12. The Bertz CT molecular complexity index is 2500. The summed E-state index contributed by atoms with van der Waals surface area (Å²) in [7, 11) is 0. The Morgan fingerprint density at radius 3 is 1.71 bits per heavy atom. The van der Waals surface area contributed by atoms with Gasteiger partial charge in [-0.3, -0.25) is 10.1 Å². The van der Waals surface area contributed by atoms with E-state index in [1.54, 1.807) is 58.8 Å². The van der Waals surface area contributed by atoms with Crippen LogP contribution in [-0.4, -0.2) is 104 Å². The fourth-order valence-corrected chi connectivity index (χ4v) is 6.69. The van der Waals surface area contributed by atoms with E-state index in [0.29, 0.717) is 103 Å². The molecule has 2 aliphatic rings. The zero-order valence-corrected chi connectivity index (χ0v) is 29.8. The third kappa shape index (κ3) is 7.82. The van der Waals surface area contributed by atoms with E-state index >= 15 is 0 Å². The molecule has 0 unspecified atom stereocenters. The largest absolute Gasteiger partial charge is 0.478 e. The summed E-state index contributed by atoms with van der Waals surface area (Å²) >= 11 is 1.33. The summed E-state index contributed by atoms with van der Waals surface area (Å²) in [6, 6.07) is 15.4. The van der Waals surface area contributed by atoms with Gasteiger partial charge in [-0.2, -0.15) is 0 Å². The van der Waals surface area contributed by atoms with Crippen LogP contribution in [0, 0.1) is 11.6 Å². The number of thiazole rings is 1. The lowest BCUT2D eigenvalue weighted by atomic mass is 10.2. The molecular weight excluding hydrogens is 735 g/mol. The maximum Gasteiger partial charge on any atom is 0.339 e. The quantitative estimate of drug-likeness (QED) is 0.220. The van der Waals surface area contributed by atoms with Crippen molar-refractivity contribution in [3.8, 4) is 22.5 Å². The Balaban J connectivity index is 0.000000158. The maximum absolute atomic E-state index is 13.7. The van der Waals surface area contributed by atoms with Gasteiger partial charge in [-0.25, -0.2) is 37.6 Å². The molecule has 2 fully saturated rings. The summed E-state index contributed by atoms with van der Waals surface area (Å²) < 4.78 is 40.9. The van der Waals surface area contributed by atoms with Gasteiger partial charge in [0.2, 0.25) is 0 Å². The van der Waals surface area contributed by atoms with Gasteiger partial charge in [0.25, 0.3) is 5.91 Å². The Hall–Kier alpha value is -6.37. The minimum absolute atomic E-state index is 0.0548. The van der Waals surface area contributed by atoms with Crippen molar-refractivity contribution in [1.29, 1.82) is 0 Å². The van der Waals surface area contributed by atoms with E-state index in [2.05, 4.69) is 35.4 Å². The van der Waals surface area contributed by atoms with Gasteiger partial charge in [0, 0.05) is 54.9 Å². The number of fused-ring (bicyclic) bond motifs is 2. The Morgan fingerprint density at radius 2 is 1.24 bits per heavy atom. The van der Waals surface area contributed by atoms with Crippen LogP contribution in [0.5, 0.6) is 0 Å². The highest BCUT2D eigenvalue weighted by Gasteiger charge is 2.23. The number of morpholine rings is 2. The van der Waals surface area contributed by atoms with Gasteiger partial charge in [0.15, 0.2) is 28.1 Å². The third-order valence-corrected chi connectivity index (χ3v) is 9.55. The van der Waals surface area contributed by atoms with E-state index in [4.69, 9.17) is 9.47 Å². The summed E-state index contributed by atoms with van der Waals surface area (Å²) in [4.78, 5) is 41.8. The van der Waals surface area contributed by atoms with E-state index < -0.39 is 5.97 Å². The van der Waals surface area contributed by atoms with Crippen molar-refractivity contribution in [3.05, 3.63) is 107 Å². The number of halogens is 2. The molecule has 2 N–H and O–H groups in total. The molecule has 0 saturated carbocycles. The van der Waals surface area contributed by atoms with E-state index in [1.807, 2.05) is 4.90 Å². The lowest BCUT2D eigenvalue weighted by Crippen LogP contribution is -2.37. The number of carbonyl (C=O) groups is 2. The van der Waals surface area contributed by atoms with Gasteiger partial charge in [0.1, 0.15) is 17.2 Å². The van der Waals surface area contributed by atoms with Crippen LogP contribution in [0.15, 0.2) is 84.6 Å². The maximum atomic E-state index is 13.7. The zero-order chi connectivity index (χ0) is 37.9. The standard InChI is InChI=1S/C20H17FN6O2S.C17H15FN4O3/c21-14-3-1-2-13(10-14)16-12-27-18(23-16)15(19(28)24-20-22-4-9-30-20)11-17(25-27)26-5-7-29-8-6-26;18-12-3-1-2-11(8-12)14-10-22-16(19-14)13(17(23)24)9-15(20-22)21-4-6-25-7-5-21/h1-4,9-12H,5-8H2,(H,22,24,28);1-3,8-10H,4-7H2,(H,23,24). The Kier molecular flexibility index (Phi) is 10.1. The zero-order valence-electron chi connectivity index (χ0n) is 29.0. The van der Waals surface area contributed by atoms with Crippen molar-refractivity contribution in [2.75, 3.05) is 67.7 Å². The first kappa shape index (κ1) is 35.6. The Morgan fingerprint density at radius 1 is 0.727 bits per heavy atom. The van der Waals surface area contributed by atoms with Crippen LogP contribution in [0.4, 0.5) is 25.5 Å². The van der Waals surface area contributed by atoms with Gasteiger partial charge >= 0.3 is 5.97 Å². The third-order valence-electron chi connectivity index (χ3n) is 8.86. The molecular formula is C37H32F2N10O5S. The number of carbonyl (C=O) groups excluding carboxylic acids is 1. The molecule has 280 valence electrons. The molecule has 0 radical (unpaired) electrons. The summed E-state index contributed by atoms with van der Waals surface area (Å²) in [5.74, 6) is -0.945. The number of nitrogens with one attached hydrogen (secondary N) is 1. The van der Waals surface area contributed by atoms with Crippen molar-refractivity contribution in [3.63, 3.8) is 0 Å². The molecule has 0 atom stereocenters. The normalized spacial score (nSPS) is 14.5. The predicted molar refractivity (Wildman–Crippen MR) is 200 cm³/mol. The van der Waals surface area contributed by atoms with Crippen molar-refractivity contribution < 1.29 is 33.0 Å². The number of aromatic nitrogens is 7. The average Bonchev–Trinajstić information content (AvgIpc) is 3.98. The minimum Gasteiger partial charge on any atom is -0.478 e. The van der Waals surface area contributed by atoms with Crippen molar-refractivity contribution in [1.82, 2.24) is 34.2 Å². The molecule has 0 bridgehead atoms. The molecule has 5 aromatic heterocycles. The lowest BCUT2D eigenvalue weighted by Gasteiger charge is -2.27. The first-order valence-corrected chi connectivity index (χ1v) is 18.1. The highest BCUT2D eigenvalue weighted by molar-refractivity contribution is 7.13. The molecule has 7 aromatic rings. The SMILES string of the molecule is O=C(Nc1nccs1)c1cc(N2CCOCC2)nn2cc(-c3cccc(F)c3)nc12.O=C(O)c1cc(N2CCOCC2)nn2cc(-c3cccc(F)c3)nc12. The molecule has 2 aliphatic heterocycles. The van der Waals surface area contributed by atoms with Crippen LogP contribution >= 0.6 is 11.3 Å². The molecule has 7 heterocycles. The smallest absolute Gasteiger partial charge is 0.339 e. The topological polar surface area (TPSA) is 165 Å². The number of anilines is 3. The lowest BCUT2D eigenvalue weighted by molar-refractivity contribution is 0.0697. The number of aromatic carboxylic acids is 1. The van der Waals surface area contributed by atoms with E-state index in [1.165, 1.54) is 46.2 Å². The molecule has 2 saturated heterocycles. The number of amides is 1. The van der Waals surface area contributed by atoms with Gasteiger partial charge in [-0.15, -0.1) is 21.5 Å². The summed E-state index contributed by atoms with van der Waals surface area (Å²) in [5, 5.41) is 23.8. The molecule has 18 heteroatoms. The van der Waals surface area contributed by atoms with Crippen LogP contribution in [0.25, 0.3) is 33.8 Å². The van der Waals surface area contributed by atoms with Crippen LogP contribution in [0.3, 0.4) is 0 Å². The summed E-state index contributed by atoms with van der Waals surface area (Å²) in [6.45, 7) is 4.97. The number of carboxylic acids is 1. The molecule has 9 rings (SSSR count). The molecule has 2 aromatic carbocycles. The average molecular weight is 767 g/mol. The summed E-state index contributed by atoms with van der Waals surface area (Å²) in [6.07, 6.45) is 4.94. The van der Waals surface area contributed by atoms with Gasteiger partial charge < -0.3 is 24.4 Å². The van der Waals surface area contributed by atoms with Gasteiger partial charge in [-0.1, -0.05) is 24.3 Å². The monoisotopic (exact) mass is 766 g/mol. The summed E-state index contributed by atoms with van der Waals surface area (Å²) in [5.41, 5.74) is 3.21. The highest BCUT2D eigenvalue weighted by atomic mass is 32.1. The second kappa shape index (κ2) is 15.5. The number of nitrogens with zero attached hydrogens (tertiary/aromatic N) is 9. The molecule has 55 heavy (non-hydrogen) atoms. The Labute approximate surface area is 315 Å². The fraction of sp³-hybridized carbons (Fsp3) is 0.216. The minimum atomic E-state index is -1.08. The van der Waals surface area contributed by atoms with Crippen molar-refractivity contribution in [2.45, 2.75) is 0 Å². The van der Waals surface area contributed by atoms with Crippen LogP contribution in [0.2, 0.25) is 0 Å².